The van der Waals surface area contributed by atoms with Crippen LogP contribution in [-0.2, 0) is 19.1 Å². The number of morpholine rings is 1. The number of hydrogen-bond donors (Lipinski definition) is 3. The Bertz CT molecular complexity index is 995. The van der Waals surface area contributed by atoms with Crippen molar-refractivity contribution in [3.63, 3.8) is 0 Å². The lowest BCUT2D eigenvalue weighted by Crippen LogP contribution is -2.57. The van der Waals surface area contributed by atoms with Crippen molar-refractivity contribution in [2.24, 2.45) is 0 Å². The number of ether oxygens (including phenoxy) is 2. The summed E-state index contributed by atoms with van der Waals surface area (Å²) in [7, 11) is 0. The van der Waals surface area contributed by atoms with Gasteiger partial charge in [0.25, 0.3) is 0 Å². The predicted molar refractivity (Wildman–Crippen MR) is 118 cm³/mol. The van der Waals surface area contributed by atoms with Crippen LogP contribution < -0.4 is 5.32 Å². The highest BCUT2D eigenvalue weighted by Gasteiger charge is 2.35. The van der Waals surface area contributed by atoms with Crippen molar-refractivity contribution in [2.75, 3.05) is 33.0 Å². The number of nitrogens with zero attached hydrogens (tertiary/aromatic N) is 1. The number of benzene rings is 2. The maximum atomic E-state index is 13.0. The quantitative estimate of drug-likeness (QED) is 0.580. The normalized spacial score (nSPS) is 18.2. The lowest BCUT2D eigenvalue weighted by Gasteiger charge is -2.36. The van der Waals surface area contributed by atoms with Crippen LogP contribution in [0.2, 0.25) is 0 Å². The summed E-state index contributed by atoms with van der Waals surface area (Å²) in [6.45, 7) is 0.341. The number of fused-ring (bicyclic) bond motifs is 3. The number of aliphatic carboxylic acids is 1. The summed E-state index contributed by atoms with van der Waals surface area (Å²) in [6, 6.07) is 13.9. The maximum Gasteiger partial charge on any atom is 0.407 e. The van der Waals surface area contributed by atoms with Crippen molar-refractivity contribution >= 4 is 18.0 Å². The van der Waals surface area contributed by atoms with Crippen LogP contribution in [0.3, 0.4) is 0 Å². The third-order valence-electron chi connectivity index (χ3n) is 6.03. The first-order valence-corrected chi connectivity index (χ1v) is 10.8. The first-order valence-electron chi connectivity index (χ1n) is 10.8. The number of amides is 2. The minimum atomic E-state index is -1.31. The summed E-state index contributed by atoms with van der Waals surface area (Å²) in [5.41, 5.74) is 4.26. The van der Waals surface area contributed by atoms with Gasteiger partial charge in [0.1, 0.15) is 12.6 Å². The fourth-order valence-corrected chi connectivity index (χ4v) is 4.45. The molecule has 0 bridgehead atoms. The van der Waals surface area contributed by atoms with Gasteiger partial charge in [-0.2, -0.15) is 0 Å². The van der Waals surface area contributed by atoms with Gasteiger partial charge in [-0.05, 0) is 22.3 Å². The van der Waals surface area contributed by atoms with E-state index in [0.717, 1.165) is 22.3 Å². The molecule has 4 rings (SSSR count). The third kappa shape index (κ3) is 4.84. The van der Waals surface area contributed by atoms with Gasteiger partial charge < -0.3 is 29.9 Å². The molecule has 1 aliphatic carbocycles. The standard InChI is InChI=1S/C24H26N2O7/c27-12-15-13-32-10-9-26(15)23(30)21(11-22(28)29)25-24(31)33-14-20-18-7-3-1-5-16(18)17-6-2-4-8-19(17)20/h1-8,15,20-21,27H,9-14H2,(H,25,31)(H,28,29). The Morgan fingerprint density at radius 1 is 1.09 bits per heavy atom. The van der Waals surface area contributed by atoms with Crippen LogP contribution in [0, 0.1) is 0 Å². The van der Waals surface area contributed by atoms with Crippen LogP contribution in [0.1, 0.15) is 23.5 Å². The van der Waals surface area contributed by atoms with Crippen LogP contribution in [0.15, 0.2) is 48.5 Å². The van der Waals surface area contributed by atoms with Crippen molar-refractivity contribution < 1.29 is 34.1 Å². The number of hydrogen-bond acceptors (Lipinski definition) is 6. The molecule has 1 aliphatic heterocycles. The van der Waals surface area contributed by atoms with Gasteiger partial charge in [-0.15, -0.1) is 0 Å². The minimum absolute atomic E-state index is 0.0463. The summed E-state index contributed by atoms with van der Waals surface area (Å²) in [5, 5.41) is 21.2. The average Bonchev–Trinajstić information content (AvgIpc) is 3.15. The number of carboxylic acids is 1. The average molecular weight is 454 g/mol. The summed E-state index contributed by atoms with van der Waals surface area (Å²) in [6.07, 6.45) is -1.47. The second-order valence-electron chi connectivity index (χ2n) is 8.06. The molecule has 2 aromatic rings. The molecule has 0 radical (unpaired) electrons. The molecule has 1 fully saturated rings. The Hall–Kier alpha value is -3.43. The second-order valence-corrected chi connectivity index (χ2v) is 8.06. The molecular formula is C24H26N2O7. The van der Waals surface area contributed by atoms with E-state index in [0.29, 0.717) is 0 Å². The number of aliphatic hydroxyl groups is 1. The fraction of sp³-hybridized carbons (Fsp3) is 0.375. The zero-order valence-corrected chi connectivity index (χ0v) is 18.0. The van der Waals surface area contributed by atoms with Crippen molar-refractivity contribution in [3.8, 4) is 11.1 Å². The molecule has 9 nitrogen and oxygen atoms in total. The number of rotatable bonds is 7. The van der Waals surface area contributed by atoms with Gasteiger partial charge in [-0.1, -0.05) is 48.5 Å². The topological polar surface area (TPSA) is 125 Å². The van der Waals surface area contributed by atoms with E-state index < -0.39 is 36.5 Å². The van der Waals surface area contributed by atoms with Crippen molar-refractivity contribution in [3.05, 3.63) is 59.7 Å². The summed E-state index contributed by atoms with van der Waals surface area (Å²) in [5.74, 6) is -1.98. The number of carbonyl (C=O) groups excluding carboxylic acids is 2. The first-order chi connectivity index (χ1) is 16.0. The molecule has 33 heavy (non-hydrogen) atoms. The van der Waals surface area contributed by atoms with Crippen LogP contribution in [0.5, 0.6) is 0 Å². The summed E-state index contributed by atoms with van der Waals surface area (Å²) in [4.78, 5) is 38.2. The Labute approximate surface area is 190 Å². The Kier molecular flexibility index (Phi) is 6.90. The highest BCUT2D eigenvalue weighted by molar-refractivity contribution is 5.89. The van der Waals surface area contributed by atoms with Crippen LogP contribution in [0.25, 0.3) is 11.1 Å². The van der Waals surface area contributed by atoms with Gasteiger partial charge in [0.05, 0.1) is 32.3 Å². The van der Waals surface area contributed by atoms with Crippen LogP contribution in [-0.4, -0.2) is 78.1 Å². The zero-order chi connectivity index (χ0) is 23.4. The van der Waals surface area contributed by atoms with Gasteiger partial charge in [0.2, 0.25) is 5.91 Å². The number of alkyl carbamates (subject to hydrolysis) is 1. The molecule has 2 aromatic carbocycles. The number of nitrogens with one attached hydrogen (secondary N) is 1. The molecule has 0 aromatic heterocycles. The molecule has 2 aliphatic rings. The SMILES string of the molecule is O=C(O)CC(NC(=O)OCC1c2ccccc2-c2ccccc21)C(=O)N1CCOCC1CO. The molecule has 2 unspecified atom stereocenters. The van der Waals surface area contributed by atoms with Crippen molar-refractivity contribution in [1.29, 1.82) is 0 Å². The van der Waals surface area contributed by atoms with Crippen LogP contribution in [0.4, 0.5) is 4.79 Å². The third-order valence-corrected chi connectivity index (χ3v) is 6.03. The minimum Gasteiger partial charge on any atom is -0.481 e. The maximum absolute atomic E-state index is 13.0. The van der Waals surface area contributed by atoms with Gasteiger partial charge >= 0.3 is 12.1 Å². The molecule has 1 saturated heterocycles. The van der Waals surface area contributed by atoms with E-state index in [9.17, 15) is 24.6 Å². The molecule has 0 saturated carbocycles. The van der Waals surface area contributed by atoms with Crippen molar-refractivity contribution in [1.82, 2.24) is 10.2 Å². The number of carboxylic acid groups (broad SMARTS) is 1. The monoisotopic (exact) mass is 454 g/mol. The zero-order valence-electron chi connectivity index (χ0n) is 18.0. The van der Waals surface area contributed by atoms with E-state index >= 15 is 0 Å². The highest BCUT2D eigenvalue weighted by atomic mass is 16.5. The lowest BCUT2D eigenvalue weighted by atomic mass is 9.98. The fourth-order valence-electron chi connectivity index (χ4n) is 4.45. The molecule has 2 amide bonds. The summed E-state index contributed by atoms with van der Waals surface area (Å²) < 4.78 is 10.7. The number of aliphatic hydroxyl groups excluding tert-OH is 1. The number of carbonyl (C=O) groups is 3. The van der Waals surface area contributed by atoms with Gasteiger partial charge in [0.15, 0.2) is 0 Å². The van der Waals surface area contributed by atoms with E-state index in [1.807, 2.05) is 48.5 Å². The van der Waals surface area contributed by atoms with E-state index in [1.165, 1.54) is 4.90 Å². The smallest absolute Gasteiger partial charge is 0.407 e. The van der Waals surface area contributed by atoms with E-state index in [2.05, 4.69) is 5.32 Å². The molecular weight excluding hydrogens is 428 g/mol. The Balaban J connectivity index is 1.44. The summed E-state index contributed by atoms with van der Waals surface area (Å²) >= 11 is 0. The second kappa shape index (κ2) is 10.0. The van der Waals surface area contributed by atoms with Crippen LogP contribution >= 0.6 is 0 Å². The van der Waals surface area contributed by atoms with Gasteiger partial charge in [-0.3, -0.25) is 9.59 Å². The lowest BCUT2D eigenvalue weighted by molar-refractivity contribution is -0.148. The first kappa shape index (κ1) is 22.8. The van der Waals surface area contributed by atoms with Gasteiger partial charge in [0, 0.05) is 12.5 Å². The van der Waals surface area contributed by atoms with E-state index in [4.69, 9.17) is 9.47 Å². The molecule has 1 heterocycles. The molecule has 0 spiro atoms. The molecule has 3 N–H and O–H groups in total. The Morgan fingerprint density at radius 2 is 1.73 bits per heavy atom. The Morgan fingerprint density at radius 3 is 2.33 bits per heavy atom. The van der Waals surface area contributed by atoms with Crippen molar-refractivity contribution in [2.45, 2.75) is 24.4 Å². The highest BCUT2D eigenvalue weighted by Crippen LogP contribution is 2.44. The predicted octanol–water partition coefficient (Wildman–Crippen LogP) is 1.59. The van der Waals surface area contributed by atoms with Gasteiger partial charge in [-0.25, -0.2) is 4.79 Å². The molecule has 9 heteroatoms. The molecule has 174 valence electrons. The van der Waals surface area contributed by atoms with E-state index in [-0.39, 0.29) is 38.9 Å². The molecule has 2 atom stereocenters. The van der Waals surface area contributed by atoms with E-state index in [1.54, 1.807) is 0 Å². The largest absolute Gasteiger partial charge is 0.481 e.